The molecule has 1 aromatic carbocycles. The van der Waals surface area contributed by atoms with Crippen molar-refractivity contribution in [2.75, 3.05) is 17.6 Å². The first-order valence-corrected chi connectivity index (χ1v) is 7.71. The van der Waals surface area contributed by atoms with Crippen molar-refractivity contribution in [2.24, 2.45) is 7.05 Å². The Morgan fingerprint density at radius 3 is 2.52 bits per heavy atom. The summed E-state index contributed by atoms with van der Waals surface area (Å²) < 4.78 is 34.3. The second kappa shape index (κ2) is 5.28. The average molecular weight is 310 g/mol. The maximum atomic E-state index is 12.6. The van der Waals surface area contributed by atoms with Gasteiger partial charge in [0.15, 0.2) is 0 Å². The highest BCUT2D eigenvalue weighted by Gasteiger charge is 2.24. The number of nitrogens with zero attached hydrogens (tertiary/aromatic N) is 2. The minimum Gasteiger partial charge on any atom is -0.494 e. The predicted octanol–water partition coefficient (Wildman–Crippen LogP) is 1.43. The Hall–Kier alpha value is -2.22. The van der Waals surface area contributed by atoms with Crippen LogP contribution in [0.15, 0.2) is 23.1 Å². The van der Waals surface area contributed by atoms with Gasteiger partial charge < -0.3 is 10.5 Å². The molecular weight excluding hydrogens is 292 g/mol. The molecule has 0 aliphatic heterocycles. The highest BCUT2D eigenvalue weighted by molar-refractivity contribution is 7.92. The molecule has 3 N–H and O–H groups in total. The first kappa shape index (κ1) is 15.2. The number of hydrogen-bond acceptors (Lipinski definition) is 5. The van der Waals surface area contributed by atoms with E-state index in [0.717, 1.165) is 0 Å². The van der Waals surface area contributed by atoms with Crippen LogP contribution >= 0.6 is 0 Å². The van der Waals surface area contributed by atoms with Crippen LogP contribution in [0.3, 0.4) is 0 Å². The van der Waals surface area contributed by atoms with Crippen LogP contribution in [0.5, 0.6) is 5.75 Å². The summed E-state index contributed by atoms with van der Waals surface area (Å²) in [7, 11) is -0.602. The molecule has 114 valence electrons. The van der Waals surface area contributed by atoms with Crippen LogP contribution in [0.1, 0.15) is 11.4 Å². The van der Waals surface area contributed by atoms with Gasteiger partial charge in [0, 0.05) is 18.8 Å². The number of rotatable bonds is 4. The molecule has 0 amide bonds. The van der Waals surface area contributed by atoms with Crippen molar-refractivity contribution in [2.45, 2.75) is 18.7 Å². The van der Waals surface area contributed by atoms with E-state index < -0.39 is 10.0 Å². The van der Waals surface area contributed by atoms with Crippen molar-refractivity contribution >= 4 is 21.4 Å². The number of aromatic nitrogens is 2. The molecule has 0 unspecified atom stereocenters. The second-order valence-corrected chi connectivity index (χ2v) is 6.31. The van der Waals surface area contributed by atoms with E-state index in [1.807, 2.05) is 0 Å². The Morgan fingerprint density at radius 1 is 1.33 bits per heavy atom. The van der Waals surface area contributed by atoms with Crippen LogP contribution in [0.4, 0.5) is 11.4 Å². The van der Waals surface area contributed by atoms with Crippen LogP contribution in [-0.4, -0.2) is 25.3 Å². The largest absolute Gasteiger partial charge is 0.494 e. The average Bonchev–Trinajstić information content (AvgIpc) is 2.65. The first-order chi connectivity index (χ1) is 9.76. The number of methoxy groups -OCH3 is 1. The molecule has 0 spiro atoms. The third kappa shape index (κ3) is 2.80. The Labute approximate surface area is 123 Å². The summed E-state index contributed by atoms with van der Waals surface area (Å²) in [6.45, 7) is 3.36. The number of sulfonamides is 1. The van der Waals surface area contributed by atoms with E-state index in [9.17, 15) is 8.42 Å². The molecule has 2 rings (SSSR count). The molecule has 0 radical (unpaired) electrons. The predicted molar refractivity (Wildman–Crippen MR) is 80.9 cm³/mol. The molecule has 1 heterocycles. The molecule has 0 aliphatic carbocycles. The lowest BCUT2D eigenvalue weighted by Crippen LogP contribution is -2.15. The van der Waals surface area contributed by atoms with Gasteiger partial charge in [-0.3, -0.25) is 9.40 Å². The highest BCUT2D eigenvalue weighted by Crippen LogP contribution is 2.30. The summed E-state index contributed by atoms with van der Waals surface area (Å²) in [5.74, 6) is 0.359. The van der Waals surface area contributed by atoms with Gasteiger partial charge in [-0.05, 0) is 26.0 Å². The fourth-order valence-electron chi connectivity index (χ4n) is 2.13. The van der Waals surface area contributed by atoms with E-state index in [-0.39, 0.29) is 4.90 Å². The molecule has 8 heteroatoms. The number of anilines is 2. The number of benzene rings is 1. The summed E-state index contributed by atoms with van der Waals surface area (Å²) in [5.41, 5.74) is 7.48. The van der Waals surface area contributed by atoms with Gasteiger partial charge in [-0.1, -0.05) is 0 Å². The van der Waals surface area contributed by atoms with Crippen LogP contribution < -0.4 is 15.2 Å². The molecule has 1 aromatic heterocycles. The molecule has 0 bridgehead atoms. The van der Waals surface area contributed by atoms with Gasteiger partial charge in [-0.25, -0.2) is 8.42 Å². The standard InChI is InChI=1S/C13H18N4O3S/c1-8-13(9(2)17(3)15-8)21(18,19)16-11-6-5-10(14)7-12(11)20-4/h5-7,16H,14H2,1-4H3. The number of aryl methyl sites for hydroxylation is 2. The highest BCUT2D eigenvalue weighted by atomic mass is 32.2. The van der Waals surface area contributed by atoms with Crippen molar-refractivity contribution in [1.82, 2.24) is 9.78 Å². The van der Waals surface area contributed by atoms with E-state index in [1.165, 1.54) is 11.8 Å². The maximum Gasteiger partial charge on any atom is 0.265 e. The zero-order valence-corrected chi connectivity index (χ0v) is 13.2. The van der Waals surface area contributed by atoms with E-state index in [2.05, 4.69) is 9.82 Å². The number of ether oxygens (including phenoxy) is 1. The van der Waals surface area contributed by atoms with E-state index in [0.29, 0.717) is 28.5 Å². The summed E-state index contributed by atoms with van der Waals surface area (Å²) in [6, 6.07) is 4.72. The monoisotopic (exact) mass is 310 g/mol. The molecule has 0 aliphatic rings. The molecule has 21 heavy (non-hydrogen) atoms. The summed E-state index contributed by atoms with van der Waals surface area (Å²) in [5, 5.41) is 4.12. The Kier molecular flexibility index (Phi) is 3.82. The SMILES string of the molecule is COc1cc(N)ccc1NS(=O)(=O)c1c(C)nn(C)c1C. The molecular formula is C13H18N4O3S. The van der Waals surface area contributed by atoms with Crippen LogP contribution in [0.2, 0.25) is 0 Å². The Bertz CT molecular complexity index is 781. The first-order valence-electron chi connectivity index (χ1n) is 6.23. The number of nitrogens with two attached hydrogens (primary N) is 1. The Morgan fingerprint density at radius 2 is 2.00 bits per heavy atom. The van der Waals surface area contributed by atoms with Gasteiger partial charge in [0.2, 0.25) is 0 Å². The van der Waals surface area contributed by atoms with Crippen molar-refractivity contribution in [3.05, 3.63) is 29.6 Å². The van der Waals surface area contributed by atoms with Gasteiger partial charge in [0.1, 0.15) is 10.6 Å². The van der Waals surface area contributed by atoms with Gasteiger partial charge in [-0.2, -0.15) is 5.10 Å². The van der Waals surface area contributed by atoms with Gasteiger partial charge in [0.25, 0.3) is 10.0 Å². The van der Waals surface area contributed by atoms with Crippen LogP contribution in [0, 0.1) is 13.8 Å². The van der Waals surface area contributed by atoms with E-state index >= 15 is 0 Å². The van der Waals surface area contributed by atoms with Crippen molar-refractivity contribution in [1.29, 1.82) is 0 Å². The maximum absolute atomic E-state index is 12.6. The molecule has 0 saturated heterocycles. The van der Waals surface area contributed by atoms with Crippen LogP contribution in [0.25, 0.3) is 0 Å². The van der Waals surface area contributed by atoms with Crippen LogP contribution in [-0.2, 0) is 17.1 Å². The van der Waals surface area contributed by atoms with Crippen molar-refractivity contribution < 1.29 is 13.2 Å². The molecule has 7 nitrogen and oxygen atoms in total. The van der Waals surface area contributed by atoms with Crippen molar-refractivity contribution in [3.63, 3.8) is 0 Å². The van der Waals surface area contributed by atoms with E-state index in [1.54, 1.807) is 39.1 Å². The minimum absolute atomic E-state index is 0.170. The topological polar surface area (TPSA) is 99.2 Å². The minimum atomic E-state index is -3.75. The molecule has 0 atom stereocenters. The molecule has 0 fully saturated rings. The summed E-state index contributed by atoms with van der Waals surface area (Å²) in [4.78, 5) is 0.170. The third-order valence-corrected chi connectivity index (χ3v) is 4.80. The zero-order chi connectivity index (χ0) is 15.8. The Balaban J connectivity index is 2.47. The zero-order valence-electron chi connectivity index (χ0n) is 12.3. The lowest BCUT2D eigenvalue weighted by atomic mass is 10.2. The summed E-state index contributed by atoms with van der Waals surface area (Å²) >= 11 is 0. The third-order valence-electron chi connectivity index (χ3n) is 3.18. The smallest absolute Gasteiger partial charge is 0.265 e. The van der Waals surface area contributed by atoms with Gasteiger partial charge in [0.05, 0.1) is 24.2 Å². The van der Waals surface area contributed by atoms with Gasteiger partial charge >= 0.3 is 0 Å². The second-order valence-electron chi connectivity index (χ2n) is 4.69. The van der Waals surface area contributed by atoms with Crippen molar-refractivity contribution in [3.8, 4) is 5.75 Å². The molecule has 2 aromatic rings. The summed E-state index contributed by atoms with van der Waals surface area (Å²) in [6.07, 6.45) is 0. The lowest BCUT2D eigenvalue weighted by Gasteiger charge is -2.12. The fraction of sp³-hybridized carbons (Fsp3) is 0.308. The fourth-order valence-corrected chi connectivity index (χ4v) is 3.64. The quantitative estimate of drug-likeness (QED) is 0.832. The van der Waals surface area contributed by atoms with Gasteiger partial charge in [-0.15, -0.1) is 0 Å². The number of nitrogen functional groups attached to an aromatic ring is 1. The van der Waals surface area contributed by atoms with E-state index in [4.69, 9.17) is 10.5 Å². The number of hydrogen-bond donors (Lipinski definition) is 2. The normalized spacial score (nSPS) is 11.4. The molecule has 0 saturated carbocycles. The lowest BCUT2D eigenvalue weighted by molar-refractivity contribution is 0.417. The number of nitrogens with one attached hydrogen (secondary N) is 1.